The molecule has 0 saturated heterocycles. The van der Waals surface area contributed by atoms with Gasteiger partial charge in [-0.2, -0.15) is 5.26 Å². The second-order valence-electron chi connectivity index (χ2n) is 2.44. The molecule has 0 aliphatic rings. The van der Waals surface area contributed by atoms with Gasteiger partial charge in [0.05, 0.1) is 34.5 Å². The molecule has 1 aromatic carbocycles. The molecule has 0 fully saturated rings. The standard InChI is InChI=1S/C9H7IN2O2/c10-12-9(13)6-14-8-3-1-7(5-11)2-4-8/h1-4H,6H2,(H,12,13). The minimum absolute atomic E-state index is 0.0190. The normalized spacial score (nSPS) is 8.86. The summed E-state index contributed by atoms with van der Waals surface area (Å²) in [4.78, 5) is 10.8. The molecule has 0 atom stereocenters. The molecule has 0 bridgehead atoms. The Morgan fingerprint density at radius 2 is 2.14 bits per heavy atom. The van der Waals surface area contributed by atoms with E-state index in [4.69, 9.17) is 10.00 Å². The molecule has 0 aliphatic heterocycles. The lowest BCUT2D eigenvalue weighted by molar-refractivity contribution is -0.120. The van der Waals surface area contributed by atoms with E-state index >= 15 is 0 Å². The molecule has 0 spiro atoms. The summed E-state index contributed by atoms with van der Waals surface area (Å²) >= 11 is 1.74. The van der Waals surface area contributed by atoms with Crippen molar-refractivity contribution in [1.29, 1.82) is 5.26 Å². The van der Waals surface area contributed by atoms with Crippen molar-refractivity contribution in [2.75, 3.05) is 6.61 Å². The van der Waals surface area contributed by atoms with Crippen LogP contribution in [-0.4, -0.2) is 12.5 Å². The number of hydrogen-bond acceptors (Lipinski definition) is 3. The largest absolute Gasteiger partial charge is 0.484 e. The Morgan fingerprint density at radius 1 is 1.50 bits per heavy atom. The van der Waals surface area contributed by atoms with Crippen LogP contribution in [0.25, 0.3) is 0 Å². The first-order chi connectivity index (χ1) is 6.76. The van der Waals surface area contributed by atoms with Gasteiger partial charge < -0.3 is 4.74 Å². The fourth-order valence-corrected chi connectivity index (χ4v) is 0.958. The summed E-state index contributed by atoms with van der Waals surface area (Å²) in [5.74, 6) is 0.374. The van der Waals surface area contributed by atoms with Crippen LogP contribution in [0.15, 0.2) is 24.3 Å². The van der Waals surface area contributed by atoms with Crippen LogP contribution >= 0.6 is 22.9 Å². The van der Waals surface area contributed by atoms with E-state index in [-0.39, 0.29) is 12.5 Å². The molecule has 0 saturated carbocycles. The van der Waals surface area contributed by atoms with Crippen molar-refractivity contribution in [3.05, 3.63) is 29.8 Å². The minimum Gasteiger partial charge on any atom is -0.484 e. The first-order valence-electron chi connectivity index (χ1n) is 3.78. The highest BCUT2D eigenvalue weighted by atomic mass is 127. The molecular formula is C9H7IN2O2. The van der Waals surface area contributed by atoms with Crippen molar-refractivity contribution in [3.8, 4) is 11.8 Å². The van der Waals surface area contributed by atoms with Gasteiger partial charge in [0.1, 0.15) is 5.75 Å². The highest BCUT2D eigenvalue weighted by Crippen LogP contribution is 2.11. The fourth-order valence-electron chi connectivity index (χ4n) is 0.802. The van der Waals surface area contributed by atoms with Gasteiger partial charge in [-0.1, -0.05) is 0 Å². The second kappa shape index (κ2) is 5.44. The Kier molecular flexibility index (Phi) is 4.19. The summed E-state index contributed by atoms with van der Waals surface area (Å²) < 4.78 is 7.54. The number of nitrogens with zero attached hydrogens (tertiary/aromatic N) is 1. The summed E-state index contributed by atoms with van der Waals surface area (Å²) in [6, 6.07) is 8.57. The average molecular weight is 302 g/mol. The van der Waals surface area contributed by atoms with Gasteiger partial charge in [-0.25, -0.2) is 0 Å². The number of nitriles is 1. The SMILES string of the molecule is N#Cc1ccc(OCC(=O)NI)cc1. The molecule has 0 heterocycles. The Balaban J connectivity index is 2.53. The molecule has 5 heteroatoms. The van der Waals surface area contributed by atoms with E-state index in [2.05, 4.69) is 3.53 Å². The predicted molar refractivity (Wildman–Crippen MR) is 58.8 cm³/mol. The van der Waals surface area contributed by atoms with Crippen molar-refractivity contribution >= 4 is 28.8 Å². The molecule has 1 N–H and O–H groups in total. The van der Waals surface area contributed by atoms with Gasteiger partial charge in [-0.05, 0) is 24.3 Å². The summed E-state index contributed by atoms with van der Waals surface area (Å²) in [5.41, 5.74) is 0.565. The Bertz CT molecular complexity index is 356. The number of hydrogen-bond donors (Lipinski definition) is 1. The molecule has 14 heavy (non-hydrogen) atoms. The molecule has 4 nitrogen and oxygen atoms in total. The molecule has 0 radical (unpaired) electrons. The smallest absolute Gasteiger partial charge is 0.266 e. The van der Waals surface area contributed by atoms with Crippen molar-refractivity contribution in [1.82, 2.24) is 3.53 Å². The van der Waals surface area contributed by atoms with E-state index in [0.717, 1.165) is 0 Å². The maximum absolute atomic E-state index is 10.8. The monoisotopic (exact) mass is 302 g/mol. The fraction of sp³-hybridized carbons (Fsp3) is 0.111. The van der Waals surface area contributed by atoms with E-state index in [1.54, 1.807) is 47.1 Å². The number of rotatable bonds is 3. The quantitative estimate of drug-likeness (QED) is 0.678. The van der Waals surface area contributed by atoms with E-state index in [1.807, 2.05) is 6.07 Å². The summed E-state index contributed by atoms with van der Waals surface area (Å²) in [5, 5.41) is 8.53. The van der Waals surface area contributed by atoms with Crippen LogP contribution in [0, 0.1) is 11.3 Å². The number of benzene rings is 1. The van der Waals surface area contributed by atoms with Gasteiger partial charge in [0, 0.05) is 0 Å². The first kappa shape index (κ1) is 10.8. The van der Waals surface area contributed by atoms with Gasteiger partial charge in [-0.3, -0.25) is 8.32 Å². The zero-order chi connectivity index (χ0) is 10.4. The van der Waals surface area contributed by atoms with Crippen LogP contribution in [0.5, 0.6) is 5.75 Å². The third-order valence-corrected chi connectivity index (χ3v) is 2.06. The minimum atomic E-state index is -0.199. The van der Waals surface area contributed by atoms with Crippen molar-refractivity contribution < 1.29 is 9.53 Å². The molecule has 72 valence electrons. The number of amides is 1. The van der Waals surface area contributed by atoms with E-state index < -0.39 is 0 Å². The van der Waals surface area contributed by atoms with Crippen LogP contribution < -0.4 is 8.27 Å². The molecule has 1 rings (SSSR count). The summed E-state index contributed by atoms with van der Waals surface area (Å²) in [6.45, 7) is -0.0190. The molecule has 1 aromatic rings. The molecule has 0 unspecified atom stereocenters. The Hall–Kier alpha value is -1.29. The molecule has 0 aliphatic carbocycles. The van der Waals surface area contributed by atoms with Crippen molar-refractivity contribution in [2.45, 2.75) is 0 Å². The zero-order valence-electron chi connectivity index (χ0n) is 7.16. The number of nitrogens with one attached hydrogen (secondary N) is 1. The van der Waals surface area contributed by atoms with Gasteiger partial charge in [0.15, 0.2) is 6.61 Å². The van der Waals surface area contributed by atoms with Gasteiger partial charge in [-0.15, -0.1) is 0 Å². The molecule has 1 amide bonds. The number of halogens is 1. The lowest BCUT2D eigenvalue weighted by atomic mass is 10.2. The van der Waals surface area contributed by atoms with Gasteiger partial charge in [0.2, 0.25) is 0 Å². The first-order valence-corrected chi connectivity index (χ1v) is 4.86. The predicted octanol–water partition coefficient (Wildman–Crippen LogP) is 1.40. The van der Waals surface area contributed by atoms with Crippen molar-refractivity contribution in [2.24, 2.45) is 0 Å². The van der Waals surface area contributed by atoms with Crippen LogP contribution in [0.4, 0.5) is 0 Å². The lowest BCUT2D eigenvalue weighted by Gasteiger charge is -2.03. The zero-order valence-corrected chi connectivity index (χ0v) is 9.32. The number of carbonyl (C=O) groups is 1. The summed E-state index contributed by atoms with van der Waals surface area (Å²) in [6.07, 6.45) is 0. The third kappa shape index (κ3) is 3.22. The van der Waals surface area contributed by atoms with Crippen LogP contribution in [0.3, 0.4) is 0 Å². The number of ether oxygens (including phenoxy) is 1. The maximum Gasteiger partial charge on any atom is 0.266 e. The van der Waals surface area contributed by atoms with E-state index in [0.29, 0.717) is 11.3 Å². The topological polar surface area (TPSA) is 62.1 Å². The lowest BCUT2D eigenvalue weighted by Crippen LogP contribution is -2.20. The Morgan fingerprint density at radius 3 is 2.64 bits per heavy atom. The van der Waals surface area contributed by atoms with Crippen LogP contribution in [-0.2, 0) is 4.79 Å². The van der Waals surface area contributed by atoms with E-state index in [9.17, 15) is 4.79 Å². The highest BCUT2D eigenvalue weighted by molar-refractivity contribution is 14.1. The van der Waals surface area contributed by atoms with Crippen LogP contribution in [0.1, 0.15) is 5.56 Å². The third-order valence-electron chi connectivity index (χ3n) is 1.46. The average Bonchev–Trinajstić information content (AvgIpc) is 2.26. The second-order valence-corrected chi connectivity index (χ2v) is 2.98. The maximum atomic E-state index is 10.8. The molecule has 0 aromatic heterocycles. The van der Waals surface area contributed by atoms with Crippen molar-refractivity contribution in [3.63, 3.8) is 0 Å². The van der Waals surface area contributed by atoms with Crippen LogP contribution in [0.2, 0.25) is 0 Å². The van der Waals surface area contributed by atoms with E-state index in [1.165, 1.54) is 0 Å². The highest BCUT2D eigenvalue weighted by Gasteiger charge is 1.99. The van der Waals surface area contributed by atoms with Gasteiger partial charge in [0.25, 0.3) is 5.91 Å². The Labute approximate surface area is 95.4 Å². The summed E-state index contributed by atoms with van der Waals surface area (Å²) in [7, 11) is 0. The number of carbonyl (C=O) groups excluding carboxylic acids is 1. The molecular weight excluding hydrogens is 295 g/mol. The van der Waals surface area contributed by atoms with Gasteiger partial charge >= 0.3 is 0 Å².